The van der Waals surface area contributed by atoms with Gasteiger partial charge in [0.1, 0.15) is 12.4 Å². The van der Waals surface area contributed by atoms with Gasteiger partial charge >= 0.3 is 0 Å². The van der Waals surface area contributed by atoms with Crippen molar-refractivity contribution in [2.75, 3.05) is 5.73 Å². The van der Waals surface area contributed by atoms with E-state index in [0.717, 1.165) is 16.8 Å². The van der Waals surface area contributed by atoms with Gasteiger partial charge in [0.25, 0.3) is 0 Å². The maximum Gasteiger partial charge on any atom is 0.163 e. The normalized spacial score (nSPS) is 11.4. The maximum absolute atomic E-state index is 6.14. The molecule has 0 fully saturated rings. The molecule has 0 aliphatic rings. The lowest BCUT2D eigenvalue weighted by Crippen LogP contribution is -2.10. The Hall–Kier alpha value is -2.15. The van der Waals surface area contributed by atoms with E-state index in [-0.39, 0.29) is 0 Å². The molecule has 0 amide bonds. The molecule has 0 aromatic carbocycles. The number of hydrogen-bond donors (Lipinski definition) is 1. The van der Waals surface area contributed by atoms with Crippen molar-refractivity contribution in [1.82, 2.24) is 29.5 Å². The number of nitrogen functional groups attached to an aromatic ring is 1. The summed E-state index contributed by atoms with van der Waals surface area (Å²) in [7, 11) is 1.82. The molecule has 104 valence electrons. The highest BCUT2D eigenvalue weighted by atomic mass is 35.5. The smallest absolute Gasteiger partial charge is 0.163 e. The summed E-state index contributed by atoms with van der Waals surface area (Å²) in [6, 6.07) is 0. The van der Waals surface area contributed by atoms with Crippen molar-refractivity contribution in [3.05, 3.63) is 28.4 Å². The van der Waals surface area contributed by atoms with Crippen molar-refractivity contribution in [2.24, 2.45) is 7.05 Å². The molecule has 0 unspecified atom stereocenters. The topological polar surface area (TPSA) is 87.4 Å². The molecule has 20 heavy (non-hydrogen) atoms. The van der Waals surface area contributed by atoms with Gasteiger partial charge in [-0.3, -0.25) is 9.36 Å². The minimum atomic E-state index is 0.421. The third-order valence-corrected chi connectivity index (χ3v) is 3.80. The number of aryl methyl sites for hydroxylation is 2. The van der Waals surface area contributed by atoms with Gasteiger partial charge in [-0.25, -0.2) is 9.97 Å². The quantitative estimate of drug-likeness (QED) is 0.772. The Labute approximate surface area is 120 Å². The first-order chi connectivity index (χ1) is 9.47. The van der Waals surface area contributed by atoms with E-state index < -0.39 is 0 Å². The SMILES string of the molecule is Cc1nn(Cc2nc(N)c3cnn(C)c3n2)c(C)c1Cl. The van der Waals surface area contributed by atoms with Gasteiger partial charge in [0.15, 0.2) is 11.5 Å². The van der Waals surface area contributed by atoms with Crippen LogP contribution in [0, 0.1) is 13.8 Å². The molecule has 3 heterocycles. The number of halogens is 1. The molecule has 7 nitrogen and oxygen atoms in total. The summed E-state index contributed by atoms with van der Waals surface area (Å²) in [5.41, 5.74) is 8.32. The van der Waals surface area contributed by atoms with Crippen molar-refractivity contribution in [3.63, 3.8) is 0 Å². The van der Waals surface area contributed by atoms with Crippen molar-refractivity contribution >= 4 is 28.5 Å². The van der Waals surface area contributed by atoms with Crippen LogP contribution in [0.3, 0.4) is 0 Å². The fourth-order valence-electron chi connectivity index (χ4n) is 2.12. The zero-order valence-corrected chi connectivity index (χ0v) is 12.2. The first-order valence-corrected chi connectivity index (χ1v) is 6.48. The van der Waals surface area contributed by atoms with Crippen molar-refractivity contribution in [1.29, 1.82) is 0 Å². The Morgan fingerprint density at radius 1 is 1.30 bits per heavy atom. The fraction of sp³-hybridized carbons (Fsp3) is 0.333. The summed E-state index contributed by atoms with van der Waals surface area (Å²) in [5, 5.41) is 9.92. The van der Waals surface area contributed by atoms with Gasteiger partial charge in [0.05, 0.1) is 28.0 Å². The van der Waals surface area contributed by atoms with Gasteiger partial charge in [0.2, 0.25) is 0 Å². The monoisotopic (exact) mass is 291 g/mol. The number of aromatic nitrogens is 6. The van der Waals surface area contributed by atoms with Gasteiger partial charge in [-0.05, 0) is 13.8 Å². The van der Waals surface area contributed by atoms with Crippen molar-refractivity contribution in [3.8, 4) is 0 Å². The standard InChI is InChI=1S/C12H14ClN7/c1-6-10(13)7(2)20(18-6)5-9-16-11(14)8-4-15-19(3)12(8)17-9/h4H,5H2,1-3H3,(H2,14,16,17). The Bertz CT molecular complexity index is 802. The second-order valence-electron chi connectivity index (χ2n) is 4.67. The third kappa shape index (κ3) is 1.90. The van der Waals surface area contributed by atoms with Crippen molar-refractivity contribution in [2.45, 2.75) is 20.4 Å². The average molecular weight is 292 g/mol. The largest absolute Gasteiger partial charge is 0.383 e. The lowest BCUT2D eigenvalue weighted by atomic mass is 10.4. The molecule has 0 radical (unpaired) electrons. The third-order valence-electron chi connectivity index (χ3n) is 3.25. The van der Waals surface area contributed by atoms with Crippen LogP contribution in [-0.2, 0) is 13.6 Å². The fourth-order valence-corrected chi connectivity index (χ4v) is 2.26. The van der Waals surface area contributed by atoms with E-state index in [2.05, 4.69) is 20.2 Å². The van der Waals surface area contributed by atoms with E-state index in [4.69, 9.17) is 17.3 Å². The number of anilines is 1. The minimum absolute atomic E-state index is 0.421. The van der Waals surface area contributed by atoms with Gasteiger partial charge in [0, 0.05) is 7.05 Å². The zero-order valence-electron chi connectivity index (χ0n) is 11.4. The van der Waals surface area contributed by atoms with Crippen molar-refractivity contribution < 1.29 is 0 Å². The first kappa shape index (κ1) is 12.9. The molecule has 0 spiro atoms. The first-order valence-electron chi connectivity index (χ1n) is 6.11. The second-order valence-corrected chi connectivity index (χ2v) is 5.05. The zero-order chi connectivity index (χ0) is 14.4. The van der Waals surface area contributed by atoms with Crippen LogP contribution >= 0.6 is 11.6 Å². The molecular weight excluding hydrogens is 278 g/mol. The second kappa shape index (κ2) is 4.45. The highest BCUT2D eigenvalue weighted by Gasteiger charge is 2.13. The summed E-state index contributed by atoms with van der Waals surface area (Å²) in [4.78, 5) is 8.78. The maximum atomic E-state index is 6.14. The number of nitrogens with two attached hydrogens (primary N) is 1. The average Bonchev–Trinajstić information content (AvgIpc) is 2.88. The molecule has 0 aliphatic carbocycles. The molecule has 0 saturated carbocycles. The predicted octanol–water partition coefficient (Wildman–Crippen LogP) is 1.46. The summed E-state index contributed by atoms with van der Waals surface area (Å²) < 4.78 is 3.44. The van der Waals surface area contributed by atoms with E-state index in [1.807, 2.05) is 20.9 Å². The Balaban J connectivity index is 2.06. The van der Waals surface area contributed by atoms with E-state index in [1.165, 1.54) is 0 Å². The van der Waals surface area contributed by atoms with Crippen LogP contribution in [0.15, 0.2) is 6.20 Å². The highest BCUT2D eigenvalue weighted by Crippen LogP contribution is 2.21. The summed E-state index contributed by atoms with van der Waals surface area (Å²) >= 11 is 6.14. The van der Waals surface area contributed by atoms with Crippen LogP contribution in [0.4, 0.5) is 5.82 Å². The van der Waals surface area contributed by atoms with E-state index in [9.17, 15) is 0 Å². The molecule has 0 atom stereocenters. The minimum Gasteiger partial charge on any atom is -0.383 e. The number of rotatable bonds is 2. The molecular formula is C12H14ClN7. The number of fused-ring (bicyclic) bond motifs is 1. The molecule has 2 N–H and O–H groups in total. The van der Waals surface area contributed by atoms with Gasteiger partial charge in [-0.2, -0.15) is 10.2 Å². The van der Waals surface area contributed by atoms with Gasteiger partial charge < -0.3 is 5.73 Å². The van der Waals surface area contributed by atoms with E-state index in [1.54, 1.807) is 15.6 Å². The molecule has 8 heteroatoms. The van der Waals surface area contributed by atoms with Crippen LogP contribution in [-0.4, -0.2) is 29.5 Å². The summed E-state index contributed by atoms with van der Waals surface area (Å²) in [6.45, 7) is 4.20. The van der Waals surface area contributed by atoms with Crippen LogP contribution in [0.5, 0.6) is 0 Å². The Morgan fingerprint density at radius 3 is 2.70 bits per heavy atom. The van der Waals surface area contributed by atoms with Crippen LogP contribution < -0.4 is 5.73 Å². The lowest BCUT2D eigenvalue weighted by molar-refractivity contribution is 0.632. The Kier molecular flexibility index (Phi) is 2.86. The van der Waals surface area contributed by atoms with Crippen LogP contribution in [0.1, 0.15) is 17.2 Å². The molecule has 0 bridgehead atoms. The summed E-state index contributed by atoms with van der Waals surface area (Å²) in [6.07, 6.45) is 1.66. The van der Waals surface area contributed by atoms with Crippen LogP contribution in [0.2, 0.25) is 5.02 Å². The van der Waals surface area contributed by atoms with Gasteiger partial charge in [-0.15, -0.1) is 0 Å². The molecule has 0 saturated heterocycles. The molecule has 3 rings (SSSR count). The number of nitrogens with zero attached hydrogens (tertiary/aromatic N) is 6. The predicted molar refractivity (Wildman–Crippen MR) is 76.5 cm³/mol. The molecule has 3 aromatic heterocycles. The van der Waals surface area contributed by atoms with E-state index in [0.29, 0.717) is 28.9 Å². The van der Waals surface area contributed by atoms with Crippen LogP contribution in [0.25, 0.3) is 11.0 Å². The van der Waals surface area contributed by atoms with Gasteiger partial charge in [-0.1, -0.05) is 11.6 Å². The summed E-state index contributed by atoms with van der Waals surface area (Å²) in [5.74, 6) is 1.01. The highest BCUT2D eigenvalue weighted by molar-refractivity contribution is 6.31. The molecule has 3 aromatic rings. The molecule has 0 aliphatic heterocycles. The Morgan fingerprint density at radius 2 is 2.05 bits per heavy atom. The van der Waals surface area contributed by atoms with E-state index >= 15 is 0 Å². The lowest BCUT2D eigenvalue weighted by Gasteiger charge is -2.05. The number of hydrogen-bond acceptors (Lipinski definition) is 5.